The first-order valence-corrected chi connectivity index (χ1v) is 24.3. The van der Waals surface area contributed by atoms with Crippen molar-refractivity contribution in [3.05, 3.63) is 94.6 Å². The fourth-order valence-corrected chi connectivity index (χ4v) is 11.6. The Morgan fingerprint density at radius 1 is 0.912 bits per heavy atom. The predicted molar refractivity (Wildman–Crippen MR) is 243 cm³/mol. The number of aromatic nitrogens is 4. The number of nitrogens with zero attached hydrogens (tertiary/aromatic N) is 7. The number of anilines is 2. The molecule has 1 unspecified atom stereocenters. The summed E-state index contributed by atoms with van der Waals surface area (Å²) in [6.45, 7) is 4.27. The lowest BCUT2D eigenvalue weighted by Gasteiger charge is -2.38. The average Bonchev–Trinajstić information content (AvgIpc) is 4.07. The molecule has 4 saturated heterocycles. The number of nitrogens with one attached hydrogen (secondary N) is 3. The Morgan fingerprint density at radius 3 is 2.37 bits per heavy atom. The summed E-state index contributed by atoms with van der Waals surface area (Å²) in [6.07, 6.45) is 9.22. The molecule has 5 aliphatic rings. The normalized spacial score (nSPS) is 21.1. The molecule has 0 spiro atoms. The molecule has 17 nitrogen and oxygen atoms in total. The number of benzene rings is 2. The number of alkyl halides is 1. The number of piperidine rings is 3. The van der Waals surface area contributed by atoms with Gasteiger partial charge in [-0.1, -0.05) is 6.07 Å². The van der Waals surface area contributed by atoms with Crippen molar-refractivity contribution in [3.8, 4) is 16.9 Å². The number of hydrogen-bond donors (Lipinski definition) is 3. The van der Waals surface area contributed by atoms with Gasteiger partial charge in [-0.05, 0) is 98.8 Å². The lowest BCUT2D eigenvalue weighted by molar-refractivity contribution is -0.136. The number of carbonyl (C=O) groups is 4. The summed E-state index contributed by atoms with van der Waals surface area (Å²) >= 11 is 0. The van der Waals surface area contributed by atoms with E-state index in [0.717, 1.165) is 86.0 Å². The van der Waals surface area contributed by atoms with Crippen molar-refractivity contribution < 1.29 is 45.5 Å². The first kappa shape index (κ1) is 45.3. The standard InChI is InChI=1S/C47H49F3N10O7S/c1-67-38-18-28(16-30-24-60(46(64)40(30)38)37-4-5-39(61)55-45(37)63)27-8-11-57(12-9-27)23-26-6-13-58(14-7-26)47-53-20-31(21-54-47)29-17-33-34(22-52-44(33)51-19-29)43(62)41-35(49)2-3-36(42(41)50)56-68(65,66)59-15-10-32(48)25-59/h2-3,16-22,26-27,32,37,56H,4-15,23-25H2,1H3,(H,51,52)(H,55,61,63)/t32-,37?/m1/s1. The van der Waals surface area contributed by atoms with Gasteiger partial charge in [-0.15, -0.1) is 0 Å². The molecule has 3 aromatic heterocycles. The maximum absolute atomic E-state index is 15.8. The fraction of sp³-hybridized carbons (Fsp3) is 0.426. The molecule has 5 aromatic rings. The Morgan fingerprint density at radius 2 is 1.66 bits per heavy atom. The van der Waals surface area contributed by atoms with E-state index in [0.29, 0.717) is 53.2 Å². The number of likely N-dealkylation sites (tertiary alicyclic amines) is 1. The summed E-state index contributed by atoms with van der Waals surface area (Å²) in [5.41, 5.74) is 2.23. The van der Waals surface area contributed by atoms with Gasteiger partial charge >= 0.3 is 10.2 Å². The molecule has 0 aliphatic carbocycles. The number of methoxy groups -OCH3 is 1. The van der Waals surface area contributed by atoms with Gasteiger partial charge < -0.3 is 24.4 Å². The molecule has 2 aromatic carbocycles. The van der Waals surface area contributed by atoms with Gasteiger partial charge in [0.2, 0.25) is 23.5 Å². The molecule has 356 valence electrons. The highest BCUT2D eigenvalue weighted by molar-refractivity contribution is 7.90. The molecule has 0 radical (unpaired) electrons. The summed E-state index contributed by atoms with van der Waals surface area (Å²) in [7, 11) is -2.81. The number of fused-ring (bicyclic) bond motifs is 2. The van der Waals surface area contributed by atoms with Crippen LogP contribution in [0.15, 0.2) is 55.1 Å². The topological polar surface area (TPSA) is 203 Å². The fourth-order valence-electron chi connectivity index (χ4n) is 10.3. The van der Waals surface area contributed by atoms with Gasteiger partial charge in [0.1, 0.15) is 29.4 Å². The molecule has 2 atom stereocenters. The van der Waals surface area contributed by atoms with Gasteiger partial charge in [0.15, 0.2) is 5.82 Å². The number of hydrogen-bond acceptors (Lipinski definition) is 12. The molecule has 3 amide bonds. The van der Waals surface area contributed by atoms with Crippen LogP contribution in [0.4, 0.5) is 24.8 Å². The molecule has 5 aliphatic heterocycles. The minimum atomic E-state index is -4.37. The molecule has 3 N–H and O–H groups in total. The van der Waals surface area contributed by atoms with Crippen LogP contribution in [0.3, 0.4) is 0 Å². The average molecular weight is 955 g/mol. The lowest BCUT2D eigenvalue weighted by Crippen LogP contribution is -2.52. The van der Waals surface area contributed by atoms with E-state index < -0.39 is 63.5 Å². The van der Waals surface area contributed by atoms with Crippen molar-refractivity contribution in [2.75, 3.05) is 62.5 Å². The summed E-state index contributed by atoms with van der Waals surface area (Å²) < 4.78 is 78.8. The third kappa shape index (κ3) is 8.66. The highest BCUT2D eigenvalue weighted by Crippen LogP contribution is 2.39. The number of halogens is 3. The number of pyridine rings is 1. The zero-order valence-electron chi connectivity index (χ0n) is 37.1. The SMILES string of the molecule is COc1cc(C2CCN(CC3CCN(c4ncc(-c5cnc6[nH]cc(C(=O)c7c(F)ccc(NS(=O)(=O)N8CC[C@@H](F)C8)c7F)c6c5)cn4)CC3)CC2)cc2c1C(=O)N(C1CCC(=O)NC1=O)C2. The highest BCUT2D eigenvalue weighted by atomic mass is 32.2. The van der Waals surface area contributed by atoms with Gasteiger partial charge in [0, 0.05) is 92.6 Å². The number of rotatable bonds is 12. The van der Waals surface area contributed by atoms with Crippen LogP contribution in [-0.4, -0.2) is 131 Å². The van der Waals surface area contributed by atoms with Crippen molar-refractivity contribution >= 4 is 56.4 Å². The Hall–Kier alpha value is -6.45. The van der Waals surface area contributed by atoms with E-state index in [1.165, 1.54) is 6.20 Å². The van der Waals surface area contributed by atoms with Crippen LogP contribution in [-0.2, 0) is 26.3 Å². The number of imide groups is 1. The van der Waals surface area contributed by atoms with Crippen LogP contribution >= 0.6 is 0 Å². The summed E-state index contributed by atoms with van der Waals surface area (Å²) in [6, 6.07) is 6.70. The van der Waals surface area contributed by atoms with E-state index in [1.807, 2.05) is 10.8 Å². The second kappa shape index (κ2) is 18.2. The first-order chi connectivity index (χ1) is 32.7. The van der Waals surface area contributed by atoms with Gasteiger partial charge in [0.25, 0.3) is 5.91 Å². The zero-order valence-corrected chi connectivity index (χ0v) is 38.0. The third-order valence-electron chi connectivity index (χ3n) is 14.0. The van der Waals surface area contributed by atoms with Gasteiger partial charge in [0.05, 0.1) is 23.9 Å². The number of carbonyl (C=O) groups excluding carboxylic acids is 4. The Kier molecular flexibility index (Phi) is 12.1. The Labute approximate surface area is 389 Å². The minimum Gasteiger partial charge on any atom is -0.496 e. The van der Waals surface area contributed by atoms with Crippen LogP contribution in [0.2, 0.25) is 0 Å². The zero-order chi connectivity index (χ0) is 47.4. The van der Waals surface area contributed by atoms with Crippen LogP contribution in [0.1, 0.15) is 88.3 Å². The van der Waals surface area contributed by atoms with E-state index in [1.54, 1.807) is 36.7 Å². The maximum Gasteiger partial charge on any atom is 0.301 e. The van der Waals surface area contributed by atoms with Crippen molar-refractivity contribution in [2.45, 2.75) is 69.6 Å². The van der Waals surface area contributed by atoms with Gasteiger partial charge in [-0.2, -0.15) is 12.7 Å². The van der Waals surface area contributed by atoms with Crippen molar-refractivity contribution in [3.63, 3.8) is 0 Å². The van der Waals surface area contributed by atoms with Crippen molar-refractivity contribution in [2.24, 2.45) is 5.92 Å². The molecule has 10 rings (SSSR count). The maximum atomic E-state index is 15.8. The molecule has 8 heterocycles. The lowest BCUT2D eigenvalue weighted by atomic mass is 9.86. The van der Waals surface area contributed by atoms with E-state index in [-0.39, 0.29) is 47.8 Å². The molecule has 4 fully saturated rings. The minimum absolute atomic E-state index is 0.00549. The quantitative estimate of drug-likeness (QED) is 0.111. The van der Waals surface area contributed by atoms with Crippen molar-refractivity contribution in [1.29, 1.82) is 0 Å². The predicted octanol–water partition coefficient (Wildman–Crippen LogP) is 5.10. The smallest absolute Gasteiger partial charge is 0.301 e. The van der Waals surface area contributed by atoms with E-state index in [4.69, 9.17) is 4.74 Å². The third-order valence-corrected chi connectivity index (χ3v) is 15.5. The molecule has 0 saturated carbocycles. The van der Waals surface area contributed by atoms with Crippen LogP contribution in [0.5, 0.6) is 5.75 Å². The highest BCUT2D eigenvalue weighted by Gasteiger charge is 2.41. The summed E-state index contributed by atoms with van der Waals surface area (Å²) in [4.78, 5) is 74.4. The summed E-state index contributed by atoms with van der Waals surface area (Å²) in [5.74, 6) is -2.70. The molecule has 68 heavy (non-hydrogen) atoms. The molecule has 0 bridgehead atoms. The summed E-state index contributed by atoms with van der Waals surface area (Å²) in [5, 5.41) is 2.64. The van der Waals surface area contributed by atoms with Crippen LogP contribution < -0.4 is 19.7 Å². The molecular formula is C47H49F3N10O7S. The van der Waals surface area contributed by atoms with Crippen LogP contribution in [0, 0.1) is 17.6 Å². The first-order valence-electron chi connectivity index (χ1n) is 22.8. The number of aromatic amines is 1. The second-order valence-corrected chi connectivity index (χ2v) is 19.9. The number of H-pyrrole nitrogens is 1. The number of amides is 3. The van der Waals surface area contributed by atoms with Crippen LogP contribution in [0.25, 0.3) is 22.2 Å². The second-order valence-electron chi connectivity index (χ2n) is 18.2. The number of ether oxygens (including phenoxy) is 1. The van der Waals surface area contributed by atoms with E-state index in [2.05, 4.69) is 41.1 Å². The van der Waals surface area contributed by atoms with E-state index in [9.17, 15) is 32.0 Å². The molecular weight excluding hydrogens is 906 g/mol. The van der Waals surface area contributed by atoms with E-state index >= 15 is 8.78 Å². The monoisotopic (exact) mass is 954 g/mol. The van der Waals surface area contributed by atoms with Gasteiger partial charge in [-0.3, -0.25) is 29.2 Å². The van der Waals surface area contributed by atoms with Crippen molar-refractivity contribution in [1.82, 2.24) is 39.4 Å². The largest absolute Gasteiger partial charge is 0.496 e. The number of ketones is 1. The Balaban J connectivity index is 0.738. The molecule has 21 heteroatoms. The Bertz CT molecular complexity index is 2940. The van der Waals surface area contributed by atoms with Gasteiger partial charge in [-0.25, -0.2) is 28.1 Å².